The fraction of sp³-hybridized carbons (Fsp3) is 0.846. The molecule has 0 saturated carbocycles. The van der Waals surface area contributed by atoms with Gasteiger partial charge in [-0.05, 0) is 0 Å². The summed E-state index contributed by atoms with van der Waals surface area (Å²) in [5.41, 5.74) is 0. The number of hydrogen-bond donors (Lipinski definition) is 0. The SMILES string of the molecule is [Li][CH2]CC/C=C/CCCCCCCC. The van der Waals surface area contributed by atoms with Gasteiger partial charge < -0.3 is 0 Å². The van der Waals surface area contributed by atoms with Crippen LogP contribution in [0.15, 0.2) is 12.2 Å². The van der Waals surface area contributed by atoms with E-state index in [0.717, 1.165) is 0 Å². The van der Waals surface area contributed by atoms with Gasteiger partial charge >= 0.3 is 92.7 Å². The molecule has 1 heteroatoms. The maximum absolute atomic E-state index is 2.37. The molecule has 0 spiro atoms. The average Bonchev–Trinajstić information content (AvgIpc) is 2.21. The van der Waals surface area contributed by atoms with E-state index in [9.17, 15) is 0 Å². The molecule has 0 amide bonds. The quantitative estimate of drug-likeness (QED) is 0.266. The van der Waals surface area contributed by atoms with E-state index in [1.807, 2.05) is 0 Å². The van der Waals surface area contributed by atoms with Gasteiger partial charge in [0.15, 0.2) is 0 Å². The number of rotatable bonds is 10. The summed E-state index contributed by atoms with van der Waals surface area (Å²) in [5, 5.41) is 1.32. The molecule has 14 heavy (non-hydrogen) atoms. The molecule has 0 saturated heterocycles. The van der Waals surface area contributed by atoms with Crippen molar-refractivity contribution >= 4 is 17.7 Å². The fourth-order valence-electron chi connectivity index (χ4n) is 1.60. The third-order valence-electron chi connectivity index (χ3n) is 2.62. The van der Waals surface area contributed by atoms with E-state index in [2.05, 4.69) is 36.8 Å². The molecule has 0 aromatic carbocycles. The van der Waals surface area contributed by atoms with Gasteiger partial charge in [-0.2, -0.15) is 0 Å². The van der Waals surface area contributed by atoms with Gasteiger partial charge in [-0.25, -0.2) is 0 Å². The summed E-state index contributed by atoms with van der Waals surface area (Å²) in [7, 11) is 0. The van der Waals surface area contributed by atoms with Gasteiger partial charge in [0, 0.05) is 0 Å². The van der Waals surface area contributed by atoms with Crippen LogP contribution in [0.25, 0.3) is 0 Å². The zero-order chi connectivity index (χ0) is 10.5. The minimum Gasteiger partial charge on any atom is -0.0654 e. The summed E-state index contributed by atoms with van der Waals surface area (Å²) in [6.45, 7) is 2.27. The Morgan fingerprint density at radius 3 is 2.00 bits per heavy atom. The first-order chi connectivity index (χ1) is 6.91. The molecule has 0 aliphatic heterocycles. The predicted octanol–water partition coefficient (Wildman–Crippen LogP) is 4.66. The molecule has 0 aromatic heterocycles. The standard InChI is InChI=1S/C13H25.Li/c1-3-5-7-9-11-13-12-10-8-6-4-2;/h7,9H,1,3-6,8,10-13H2,2H3;/b9-7+;. The van der Waals surface area contributed by atoms with Crippen molar-refractivity contribution in [1.29, 1.82) is 0 Å². The van der Waals surface area contributed by atoms with Gasteiger partial charge in [0.1, 0.15) is 0 Å². The summed E-state index contributed by atoms with van der Waals surface area (Å²) in [6, 6.07) is 0. The smallest absolute Gasteiger partial charge is 0.0654 e. The van der Waals surface area contributed by atoms with Crippen molar-refractivity contribution in [3.8, 4) is 0 Å². The molecule has 0 heterocycles. The first kappa shape index (κ1) is 14.3. The molecule has 0 aromatic rings. The van der Waals surface area contributed by atoms with Crippen LogP contribution in [0.4, 0.5) is 0 Å². The van der Waals surface area contributed by atoms with Crippen LogP contribution in [0.3, 0.4) is 0 Å². The van der Waals surface area contributed by atoms with Crippen LogP contribution < -0.4 is 0 Å². The minimum atomic E-state index is 1.28. The third-order valence-corrected chi connectivity index (χ3v) is 2.62. The molecule has 0 bridgehead atoms. The molecule has 0 fully saturated rings. The van der Waals surface area contributed by atoms with Gasteiger partial charge in [0.05, 0.1) is 0 Å². The Labute approximate surface area is 99.8 Å². The molecule has 0 aliphatic carbocycles. The van der Waals surface area contributed by atoms with E-state index in [4.69, 9.17) is 0 Å². The summed E-state index contributed by atoms with van der Waals surface area (Å²) in [4.78, 5) is 0. The predicted molar refractivity (Wildman–Crippen MR) is 66.9 cm³/mol. The van der Waals surface area contributed by atoms with Gasteiger partial charge in [0.2, 0.25) is 0 Å². The Morgan fingerprint density at radius 2 is 1.36 bits per heavy atom. The Kier molecular flexibility index (Phi) is 13.7. The Bertz CT molecular complexity index is 118. The molecule has 0 nitrogen and oxygen atoms in total. The van der Waals surface area contributed by atoms with Crippen LogP contribution in [0.2, 0.25) is 5.09 Å². The zero-order valence-electron chi connectivity index (χ0n) is 10.2. The van der Waals surface area contributed by atoms with Crippen LogP contribution in [-0.2, 0) is 0 Å². The molecular formula is C13H25Li. The Hall–Kier alpha value is 0.337. The monoisotopic (exact) mass is 188 g/mol. The average molecular weight is 188 g/mol. The number of hydrogen-bond acceptors (Lipinski definition) is 0. The van der Waals surface area contributed by atoms with Crippen LogP contribution >= 0.6 is 0 Å². The summed E-state index contributed by atoms with van der Waals surface area (Å²) >= 11 is 2.25. The van der Waals surface area contributed by atoms with Crippen molar-refractivity contribution in [3.05, 3.63) is 12.2 Å². The van der Waals surface area contributed by atoms with Crippen LogP contribution in [0.1, 0.15) is 64.7 Å². The van der Waals surface area contributed by atoms with Crippen molar-refractivity contribution in [2.75, 3.05) is 0 Å². The number of unbranched alkanes of at least 4 members (excludes halogenated alkanes) is 7. The minimum absolute atomic E-state index is 1.28. The summed E-state index contributed by atoms with van der Waals surface area (Å²) in [5.74, 6) is 0. The second-order valence-electron chi connectivity index (χ2n) is 4.17. The van der Waals surface area contributed by atoms with Gasteiger partial charge in [-0.1, -0.05) is 6.92 Å². The number of allylic oxidation sites excluding steroid dienone is 2. The van der Waals surface area contributed by atoms with E-state index < -0.39 is 0 Å². The van der Waals surface area contributed by atoms with Crippen molar-refractivity contribution < 1.29 is 0 Å². The summed E-state index contributed by atoms with van der Waals surface area (Å²) in [6.07, 6.45) is 17.2. The van der Waals surface area contributed by atoms with Gasteiger partial charge in [-0.3, -0.25) is 0 Å². The fourth-order valence-corrected chi connectivity index (χ4v) is 1.60. The van der Waals surface area contributed by atoms with E-state index in [0.29, 0.717) is 0 Å². The van der Waals surface area contributed by atoms with Crippen molar-refractivity contribution in [2.24, 2.45) is 0 Å². The van der Waals surface area contributed by atoms with Crippen LogP contribution in [-0.4, -0.2) is 17.7 Å². The molecule has 0 unspecified atom stereocenters. The van der Waals surface area contributed by atoms with Gasteiger partial charge in [0.25, 0.3) is 0 Å². The van der Waals surface area contributed by atoms with Crippen LogP contribution in [0.5, 0.6) is 0 Å². The molecule has 0 rings (SSSR count). The zero-order valence-corrected chi connectivity index (χ0v) is 10.2. The second-order valence-corrected chi connectivity index (χ2v) is 4.17. The Morgan fingerprint density at radius 1 is 0.786 bits per heavy atom. The third kappa shape index (κ3) is 12.3. The normalized spacial score (nSPS) is 11.4. The first-order valence-electron chi connectivity index (χ1n) is 6.56. The van der Waals surface area contributed by atoms with E-state index >= 15 is 0 Å². The van der Waals surface area contributed by atoms with Crippen molar-refractivity contribution in [2.45, 2.75) is 69.8 Å². The van der Waals surface area contributed by atoms with Crippen LogP contribution in [0, 0.1) is 0 Å². The van der Waals surface area contributed by atoms with E-state index in [1.54, 1.807) is 0 Å². The molecule has 78 valence electrons. The first-order valence-corrected chi connectivity index (χ1v) is 6.56. The molecule has 0 aliphatic rings. The van der Waals surface area contributed by atoms with Crippen molar-refractivity contribution in [1.82, 2.24) is 0 Å². The molecule has 0 radical (unpaired) electrons. The molecular weight excluding hydrogens is 163 g/mol. The maximum atomic E-state index is 2.37. The van der Waals surface area contributed by atoms with E-state index in [-0.39, 0.29) is 0 Å². The molecule has 0 N–H and O–H groups in total. The van der Waals surface area contributed by atoms with E-state index in [1.165, 1.54) is 62.9 Å². The molecule has 0 atom stereocenters. The topological polar surface area (TPSA) is 0 Å². The Balaban J connectivity index is 2.94. The summed E-state index contributed by atoms with van der Waals surface area (Å²) < 4.78 is 0. The van der Waals surface area contributed by atoms with Gasteiger partial charge in [-0.15, -0.1) is 0 Å². The second kappa shape index (κ2) is 13.3. The van der Waals surface area contributed by atoms with Crippen molar-refractivity contribution in [3.63, 3.8) is 0 Å².